The number of carbonyl (C=O) groups is 1. The van der Waals surface area contributed by atoms with Gasteiger partial charge in [0.05, 0.1) is 0 Å². The lowest BCUT2D eigenvalue weighted by atomic mass is 10.1. The number of rotatable bonds is 3. The van der Waals surface area contributed by atoms with Crippen molar-refractivity contribution in [3.05, 3.63) is 34.8 Å². The van der Waals surface area contributed by atoms with Gasteiger partial charge in [-0.1, -0.05) is 18.2 Å². The smallest absolute Gasteiger partial charge is 0.347 e. The van der Waals surface area contributed by atoms with Crippen LogP contribution in [-0.2, 0) is 14.6 Å². The van der Waals surface area contributed by atoms with Gasteiger partial charge in [0.25, 0.3) is 0 Å². The minimum absolute atomic E-state index is 0.552. The number of sulfone groups is 1. The molecule has 0 aromatic carbocycles. The molecule has 1 rings (SSSR count). The first-order valence-corrected chi connectivity index (χ1v) is 6.29. The van der Waals surface area contributed by atoms with Crippen molar-refractivity contribution in [1.29, 1.82) is 0 Å². The van der Waals surface area contributed by atoms with E-state index >= 15 is 0 Å². The van der Waals surface area contributed by atoms with Crippen molar-refractivity contribution in [3.63, 3.8) is 0 Å². The second-order valence-electron chi connectivity index (χ2n) is 3.28. The first-order valence-electron chi connectivity index (χ1n) is 4.40. The third-order valence-corrected chi connectivity index (χ3v) is 3.05. The third-order valence-electron chi connectivity index (χ3n) is 1.96. The largest absolute Gasteiger partial charge is 0.477 e. The monoisotopic (exact) mass is 228 g/mol. The van der Waals surface area contributed by atoms with Crippen LogP contribution < -0.4 is 0 Å². The maximum absolute atomic E-state index is 11.2. The molecule has 0 aromatic rings. The van der Waals surface area contributed by atoms with Gasteiger partial charge in [0, 0.05) is 6.26 Å². The minimum atomic E-state index is -3.67. The predicted molar refractivity (Wildman–Crippen MR) is 57.0 cm³/mol. The third kappa shape index (κ3) is 3.36. The summed E-state index contributed by atoms with van der Waals surface area (Å²) in [4.78, 5) is 10.2. The van der Waals surface area contributed by atoms with E-state index in [1.165, 1.54) is 6.08 Å². The minimum Gasteiger partial charge on any atom is -0.477 e. The molecular formula is C10H12O4S. The number of hydrogen-bond donors (Lipinski definition) is 1. The van der Waals surface area contributed by atoms with E-state index in [1.54, 1.807) is 0 Å². The fourth-order valence-corrected chi connectivity index (χ4v) is 1.91. The second-order valence-corrected chi connectivity index (χ2v) is 5.26. The molecule has 0 spiro atoms. The summed E-state index contributed by atoms with van der Waals surface area (Å²) >= 11 is 0. The highest BCUT2D eigenvalue weighted by atomic mass is 32.2. The van der Waals surface area contributed by atoms with Crippen molar-refractivity contribution in [2.75, 3.05) is 6.26 Å². The number of aliphatic carboxylic acids is 1. The Balaban J connectivity index is 3.05. The Kier molecular flexibility index (Phi) is 3.47. The van der Waals surface area contributed by atoms with Gasteiger partial charge in [-0.25, -0.2) is 13.2 Å². The molecule has 0 atom stereocenters. The maximum Gasteiger partial charge on any atom is 0.347 e. The van der Waals surface area contributed by atoms with Gasteiger partial charge in [-0.05, 0) is 24.5 Å². The van der Waals surface area contributed by atoms with E-state index in [-0.39, 0.29) is 0 Å². The Labute approximate surface area is 88.5 Å². The molecule has 0 unspecified atom stereocenters. The summed E-state index contributed by atoms with van der Waals surface area (Å²) in [7, 11) is -3.67. The SMILES string of the molecule is CS(=O)(=O)C(=CC1=CCC=CC1)C(=O)O. The average molecular weight is 228 g/mol. The lowest BCUT2D eigenvalue weighted by Gasteiger charge is -2.05. The molecule has 4 nitrogen and oxygen atoms in total. The van der Waals surface area contributed by atoms with Gasteiger partial charge in [-0.15, -0.1) is 0 Å². The number of hydrogen-bond acceptors (Lipinski definition) is 3. The highest BCUT2D eigenvalue weighted by Crippen LogP contribution is 2.16. The second kappa shape index (κ2) is 4.44. The molecule has 1 aliphatic rings. The molecule has 0 saturated heterocycles. The number of allylic oxidation sites excluding steroid dienone is 5. The van der Waals surface area contributed by atoms with Crippen LogP contribution in [0.25, 0.3) is 0 Å². The van der Waals surface area contributed by atoms with Gasteiger partial charge < -0.3 is 5.11 Å². The predicted octanol–water partition coefficient (Wildman–Crippen LogP) is 1.28. The van der Waals surface area contributed by atoms with E-state index in [9.17, 15) is 13.2 Å². The molecule has 0 aliphatic heterocycles. The zero-order chi connectivity index (χ0) is 11.5. The van der Waals surface area contributed by atoms with Gasteiger partial charge in [0.2, 0.25) is 0 Å². The maximum atomic E-state index is 11.2. The summed E-state index contributed by atoms with van der Waals surface area (Å²) in [5.41, 5.74) is 0.723. The summed E-state index contributed by atoms with van der Waals surface area (Å²) < 4.78 is 22.3. The zero-order valence-electron chi connectivity index (χ0n) is 8.30. The van der Waals surface area contributed by atoms with Crippen molar-refractivity contribution in [2.45, 2.75) is 12.8 Å². The first kappa shape index (κ1) is 11.7. The van der Waals surface area contributed by atoms with Crippen LogP contribution in [0.5, 0.6) is 0 Å². The number of carboxylic acid groups (broad SMARTS) is 1. The van der Waals surface area contributed by atoms with Crippen LogP contribution in [0.3, 0.4) is 0 Å². The normalized spacial score (nSPS) is 17.4. The summed E-state index contributed by atoms with van der Waals surface area (Å²) in [6, 6.07) is 0. The van der Waals surface area contributed by atoms with Crippen LogP contribution in [0, 0.1) is 0 Å². The molecule has 0 fully saturated rings. The summed E-state index contributed by atoms with van der Waals surface area (Å²) in [5, 5.41) is 8.75. The van der Waals surface area contributed by atoms with E-state index in [4.69, 9.17) is 5.11 Å². The summed E-state index contributed by atoms with van der Waals surface area (Å²) in [5.74, 6) is -1.41. The molecule has 0 aromatic heterocycles. The Morgan fingerprint density at radius 3 is 2.53 bits per heavy atom. The Morgan fingerprint density at radius 1 is 1.47 bits per heavy atom. The van der Waals surface area contributed by atoms with Crippen LogP contribution in [-0.4, -0.2) is 25.7 Å². The van der Waals surface area contributed by atoms with Crippen molar-refractivity contribution in [2.24, 2.45) is 0 Å². The lowest BCUT2D eigenvalue weighted by molar-refractivity contribution is -0.131. The molecule has 0 heterocycles. The van der Waals surface area contributed by atoms with Crippen LogP contribution >= 0.6 is 0 Å². The molecule has 0 amide bonds. The fraction of sp³-hybridized carbons (Fsp3) is 0.300. The van der Waals surface area contributed by atoms with Gasteiger partial charge >= 0.3 is 5.97 Å². The number of carboxylic acids is 1. The van der Waals surface area contributed by atoms with Crippen LogP contribution in [0.15, 0.2) is 34.8 Å². The van der Waals surface area contributed by atoms with E-state index in [0.717, 1.165) is 11.8 Å². The van der Waals surface area contributed by atoms with Crippen LogP contribution in [0.2, 0.25) is 0 Å². The summed E-state index contributed by atoms with van der Waals surface area (Å²) in [6.07, 6.45) is 9.04. The van der Waals surface area contributed by atoms with E-state index in [1.807, 2.05) is 18.2 Å². The van der Waals surface area contributed by atoms with Crippen molar-refractivity contribution in [1.82, 2.24) is 0 Å². The van der Waals surface area contributed by atoms with Crippen LogP contribution in [0.1, 0.15) is 12.8 Å². The molecule has 15 heavy (non-hydrogen) atoms. The van der Waals surface area contributed by atoms with E-state index < -0.39 is 20.7 Å². The van der Waals surface area contributed by atoms with Gasteiger partial charge in [-0.3, -0.25) is 0 Å². The average Bonchev–Trinajstić information content (AvgIpc) is 2.13. The first-order chi connectivity index (χ1) is 6.91. The Hall–Kier alpha value is -1.36. The fourth-order valence-electron chi connectivity index (χ4n) is 1.23. The topological polar surface area (TPSA) is 71.4 Å². The molecule has 0 radical (unpaired) electrons. The van der Waals surface area contributed by atoms with Gasteiger partial charge in [0.15, 0.2) is 14.7 Å². The van der Waals surface area contributed by atoms with Crippen molar-refractivity contribution < 1.29 is 18.3 Å². The molecule has 5 heteroatoms. The Morgan fingerprint density at radius 2 is 2.13 bits per heavy atom. The molecule has 0 bridgehead atoms. The molecule has 82 valence electrons. The summed E-state index contributed by atoms with van der Waals surface area (Å²) in [6.45, 7) is 0. The zero-order valence-corrected chi connectivity index (χ0v) is 9.12. The van der Waals surface area contributed by atoms with Gasteiger partial charge in [-0.2, -0.15) is 0 Å². The quantitative estimate of drug-likeness (QED) is 0.583. The van der Waals surface area contributed by atoms with E-state index in [2.05, 4.69) is 0 Å². The molecule has 1 N–H and O–H groups in total. The van der Waals surface area contributed by atoms with Crippen molar-refractivity contribution in [3.8, 4) is 0 Å². The van der Waals surface area contributed by atoms with Gasteiger partial charge in [0.1, 0.15) is 0 Å². The lowest BCUT2D eigenvalue weighted by Crippen LogP contribution is -2.11. The Bertz CT molecular complexity index is 452. The van der Waals surface area contributed by atoms with Crippen molar-refractivity contribution >= 4 is 15.8 Å². The molecule has 0 saturated carbocycles. The standard InChI is InChI=1S/C10H12O4S/c1-15(13,14)9(10(11)12)7-8-5-3-2-4-6-8/h2-3,6-7H,4-5H2,1H3,(H,11,12). The van der Waals surface area contributed by atoms with E-state index in [0.29, 0.717) is 12.8 Å². The molecular weight excluding hydrogens is 216 g/mol. The molecule has 1 aliphatic carbocycles. The highest BCUT2D eigenvalue weighted by Gasteiger charge is 2.19. The highest BCUT2D eigenvalue weighted by molar-refractivity contribution is 7.95. The van der Waals surface area contributed by atoms with Crippen LogP contribution in [0.4, 0.5) is 0 Å².